The van der Waals surface area contributed by atoms with Crippen LogP contribution in [0.15, 0.2) is 24.9 Å². The molecule has 1 aliphatic heterocycles. The van der Waals surface area contributed by atoms with Gasteiger partial charge in [0.15, 0.2) is 0 Å². The van der Waals surface area contributed by atoms with E-state index in [1.54, 1.807) is 4.90 Å². The molecule has 1 fully saturated rings. The van der Waals surface area contributed by atoms with Gasteiger partial charge in [0.05, 0.1) is 6.04 Å². The van der Waals surface area contributed by atoms with Crippen molar-refractivity contribution < 1.29 is 4.79 Å². The van der Waals surface area contributed by atoms with Gasteiger partial charge in [-0.25, -0.2) is 0 Å². The maximum atomic E-state index is 12.2. The number of amides is 1. The number of hydrogen-bond donors (Lipinski definition) is 1. The minimum atomic E-state index is -0.00317. The highest BCUT2D eigenvalue weighted by Crippen LogP contribution is 2.16. The Hall–Kier alpha value is -1.33. The second kappa shape index (κ2) is 8.85. The van der Waals surface area contributed by atoms with Crippen molar-refractivity contribution in [2.45, 2.75) is 31.7 Å². The Morgan fingerprint density at radius 2 is 2.48 bits per heavy atom. The topological polar surface area (TPSA) is 50.2 Å². The predicted molar refractivity (Wildman–Crippen MR) is 87.0 cm³/mol. The number of nitrogens with zero attached hydrogens (tertiary/aromatic N) is 3. The standard InChI is InChI=1S/C15H24N4O.ClH/c1-3-4-5-10-18(2)15(20)14-8-11-19(17-14)13-7-6-9-16-12-13;/h3,8,11,13,16H,1,4-7,9-10,12H2,2H3;1H. The largest absolute Gasteiger partial charge is 0.340 e. The number of aromatic nitrogens is 2. The van der Waals surface area contributed by atoms with Gasteiger partial charge in [-0.3, -0.25) is 9.48 Å². The highest BCUT2D eigenvalue weighted by molar-refractivity contribution is 5.91. The molecule has 1 N–H and O–H groups in total. The van der Waals surface area contributed by atoms with E-state index in [4.69, 9.17) is 0 Å². The van der Waals surface area contributed by atoms with E-state index < -0.39 is 0 Å². The van der Waals surface area contributed by atoms with Gasteiger partial charge in [0.1, 0.15) is 5.69 Å². The van der Waals surface area contributed by atoms with Crippen LogP contribution in [-0.2, 0) is 0 Å². The molecular weight excluding hydrogens is 288 g/mol. The van der Waals surface area contributed by atoms with E-state index in [0.717, 1.165) is 45.3 Å². The Kier molecular flexibility index (Phi) is 7.47. The lowest BCUT2D eigenvalue weighted by atomic mass is 10.1. The molecular formula is C15H25ClN4O. The van der Waals surface area contributed by atoms with Crippen LogP contribution in [0.2, 0.25) is 0 Å². The average molecular weight is 313 g/mol. The molecule has 5 nitrogen and oxygen atoms in total. The first kappa shape index (κ1) is 17.7. The van der Waals surface area contributed by atoms with Crippen LogP contribution in [0.4, 0.5) is 0 Å². The molecule has 1 aromatic rings. The van der Waals surface area contributed by atoms with E-state index in [-0.39, 0.29) is 18.3 Å². The lowest BCUT2D eigenvalue weighted by Gasteiger charge is -2.23. The maximum Gasteiger partial charge on any atom is 0.274 e. The van der Waals surface area contributed by atoms with E-state index in [0.29, 0.717) is 11.7 Å². The third kappa shape index (κ3) is 4.86. The van der Waals surface area contributed by atoms with Crippen molar-refractivity contribution >= 4 is 18.3 Å². The number of rotatable bonds is 6. The first-order valence-electron chi connectivity index (χ1n) is 7.34. The van der Waals surface area contributed by atoms with E-state index in [9.17, 15) is 4.79 Å². The smallest absolute Gasteiger partial charge is 0.274 e. The molecule has 0 radical (unpaired) electrons. The molecule has 1 atom stereocenters. The Bertz CT molecular complexity index is 454. The van der Waals surface area contributed by atoms with Gasteiger partial charge >= 0.3 is 0 Å². The van der Waals surface area contributed by atoms with Crippen LogP contribution in [0.5, 0.6) is 0 Å². The highest BCUT2D eigenvalue weighted by atomic mass is 35.5. The number of carbonyl (C=O) groups excluding carboxylic acids is 1. The van der Waals surface area contributed by atoms with Crippen LogP contribution >= 0.6 is 12.4 Å². The summed E-state index contributed by atoms with van der Waals surface area (Å²) in [5.74, 6) is -0.00317. The zero-order valence-electron chi connectivity index (χ0n) is 12.6. The number of unbranched alkanes of at least 4 members (excludes halogenated alkanes) is 1. The summed E-state index contributed by atoms with van der Waals surface area (Å²) in [5, 5.41) is 7.81. The van der Waals surface area contributed by atoms with Crippen LogP contribution in [0.1, 0.15) is 42.2 Å². The van der Waals surface area contributed by atoms with E-state index in [1.165, 1.54) is 0 Å². The minimum Gasteiger partial charge on any atom is -0.340 e. The minimum absolute atomic E-state index is 0. The zero-order chi connectivity index (χ0) is 14.4. The molecule has 0 saturated carbocycles. The molecule has 1 aliphatic rings. The van der Waals surface area contributed by atoms with E-state index in [1.807, 2.05) is 30.1 Å². The third-order valence-corrected chi connectivity index (χ3v) is 3.72. The highest BCUT2D eigenvalue weighted by Gasteiger charge is 2.19. The van der Waals surface area contributed by atoms with Gasteiger partial charge in [0.2, 0.25) is 0 Å². The van der Waals surface area contributed by atoms with E-state index in [2.05, 4.69) is 17.0 Å². The van der Waals surface area contributed by atoms with Crippen LogP contribution in [-0.4, -0.2) is 47.3 Å². The second-order valence-corrected chi connectivity index (χ2v) is 5.34. The number of hydrogen-bond acceptors (Lipinski definition) is 3. The monoisotopic (exact) mass is 312 g/mol. The van der Waals surface area contributed by atoms with Crippen LogP contribution in [0, 0.1) is 0 Å². The number of allylic oxidation sites excluding steroid dienone is 1. The van der Waals surface area contributed by atoms with Gasteiger partial charge < -0.3 is 10.2 Å². The van der Waals surface area contributed by atoms with Crippen LogP contribution < -0.4 is 5.32 Å². The van der Waals surface area contributed by atoms with Crippen molar-refractivity contribution in [3.63, 3.8) is 0 Å². The van der Waals surface area contributed by atoms with Gasteiger partial charge in [-0.2, -0.15) is 5.10 Å². The molecule has 2 rings (SSSR count). The zero-order valence-corrected chi connectivity index (χ0v) is 13.4. The molecule has 118 valence electrons. The van der Waals surface area contributed by atoms with Crippen molar-refractivity contribution in [3.8, 4) is 0 Å². The Balaban J connectivity index is 0.00000220. The third-order valence-electron chi connectivity index (χ3n) is 3.72. The molecule has 0 aromatic carbocycles. The van der Waals surface area contributed by atoms with Gasteiger partial charge in [-0.05, 0) is 38.3 Å². The molecule has 1 amide bonds. The van der Waals surface area contributed by atoms with Crippen LogP contribution in [0.25, 0.3) is 0 Å². The van der Waals surface area contributed by atoms with Gasteiger partial charge in [-0.15, -0.1) is 19.0 Å². The molecule has 0 aliphatic carbocycles. The fourth-order valence-corrected chi connectivity index (χ4v) is 2.48. The Morgan fingerprint density at radius 3 is 3.14 bits per heavy atom. The summed E-state index contributed by atoms with van der Waals surface area (Å²) in [7, 11) is 1.83. The maximum absolute atomic E-state index is 12.2. The number of nitrogens with one attached hydrogen (secondary N) is 1. The summed E-state index contributed by atoms with van der Waals surface area (Å²) >= 11 is 0. The van der Waals surface area contributed by atoms with Crippen molar-refractivity contribution in [2.24, 2.45) is 0 Å². The Morgan fingerprint density at radius 1 is 1.67 bits per heavy atom. The molecule has 6 heteroatoms. The number of carbonyl (C=O) groups is 1. The first-order chi connectivity index (χ1) is 9.72. The first-order valence-corrected chi connectivity index (χ1v) is 7.34. The van der Waals surface area contributed by atoms with E-state index >= 15 is 0 Å². The van der Waals surface area contributed by atoms with Gasteiger partial charge in [0, 0.05) is 26.3 Å². The van der Waals surface area contributed by atoms with Gasteiger partial charge in [-0.1, -0.05) is 6.08 Å². The summed E-state index contributed by atoms with van der Waals surface area (Å²) in [6.45, 7) is 6.44. The lowest BCUT2D eigenvalue weighted by Crippen LogP contribution is -2.32. The molecule has 21 heavy (non-hydrogen) atoms. The number of halogens is 1. The molecule has 0 spiro atoms. The predicted octanol–water partition coefficient (Wildman–Crippen LogP) is 2.27. The fraction of sp³-hybridized carbons (Fsp3) is 0.600. The summed E-state index contributed by atoms with van der Waals surface area (Å²) in [4.78, 5) is 14.0. The molecule has 1 unspecified atom stereocenters. The molecule has 1 aromatic heterocycles. The van der Waals surface area contributed by atoms with Crippen LogP contribution in [0.3, 0.4) is 0 Å². The summed E-state index contributed by atoms with van der Waals surface area (Å²) in [6.07, 6.45) is 7.96. The SMILES string of the molecule is C=CCCCN(C)C(=O)c1ccn(C2CCCNC2)n1.Cl. The summed E-state index contributed by atoms with van der Waals surface area (Å²) < 4.78 is 1.93. The van der Waals surface area contributed by atoms with Crippen molar-refractivity contribution in [1.82, 2.24) is 20.0 Å². The van der Waals surface area contributed by atoms with Crippen molar-refractivity contribution in [1.29, 1.82) is 0 Å². The average Bonchev–Trinajstić information content (AvgIpc) is 2.97. The fourth-order valence-electron chi connectivity index (χ4n) is 2.48. The molecule has 1 saturated heterocycles. The Labute approximate surface area is 132 Å². The second-order valence-electron chi connectivity index (χ2n) is 5.34. The van der Waals surface area contributed by atoms with Crippen molar-refractivity contribution in [2.75, 3.05) is 26.7 Å². The summed E-state index contributed by atoms with van der Waals surface area (Å²) in [6, 6.07) is 2.19. The van der Waals surface area contributed by atoms with Gasteiger partial charge in [0.25, 0.3) is 5.91 Å². The normalized spacial score (nSPS) is 17.9. The quantitative estimate of drug-likeness (QED) is 0.647. The lowest BCUT2D eigenvalue weighted by molar-refractivity contribution is 0.0786. The van der Waals surface area contributed by atoms with Crippen molar-refractivity contribution in [3.05, 3.63) is 30.6 Å². The summed E-state index contributed by atoms with van der Waals surface area (Å²) in [5.41, 5.74) is 0.539. The number of piperidine rings is 1. The molecule has 0 bridgehead atoms. The molecule has 2 heterocycles.